The van der Waals surface area contributed by atoms with Gasteiger partial charge in [-0.3, -0.25) is 9.78 Å². The first-order valence-corrected chi connectivity index (χ1v) is 5.21. The van der Waals surface area contributed by atoms with Crippen LogP contribution in [0.5, 0.6) is 0 Å². The van der Waals surface area contributed by atoms with E-state index < -0.39 is 11.9 Å². The molecule has 2 nitrogen and oxygen atoms in total. The molecule has 0 amide bonds. The van der Waals surface area contributed by atoms with E-state index in [0.717, 1.165) is 11.6 Å². The van der Waals surface area contributed by atoms with Crippen molar-refractivity contribution < 1.29 is 18.0 Å². The van der Waals surface area contributed by atoms with Crippen molar-refractivity contribution in [1.29, 1.82) is 0 Å². The van der Waals surface area contributed by atoms with Crippen LogP contribution in [-0.2, 0) is 11.0 Å². The fraction of sp³-hybridized carbons (Fsp3) is 0.333. The third kappa shape index (κ3) is 2.72. The lowest BCUT2D eigenvalue weighted by Crippen LogP contribution is -2.08. The van der Waals surface area contributed by atoms with Gasteiger partial charge in [-0.2, -0.15) is 13.2 Å². The molecule has 0 spiro atoms. The molecule has 2 rings (SSSR count). The Bertz CT molecular complexity index is 460. The van der Waals surface area contributed by atoms with Crippen molar-refractivity contribution in [3.05, 3.63) is 35.7 Å². The molecule has 90 valence electrons. The SMILES string of the molecule is O=C1CC=C(c2ccc(C(F)(F)F)nc2)CC1. The van der Waals surface area contributed by atoms with Gasteiger partial charge < -0.3 is 0 Å². The summed E-state index contributed by atoms with van der Waals surface area (Å²) in [5.74, 6) is 0.161. The van der Waals surface area contributed by atoms with Crippen molar-refractivity contribution in [3.63, 3.8) is 0 Å². The summed E-state index contributed by atoms with van der Waals surface area (Å²) in [4.78, 5) is 14.4. The van der Waals surface area contributed by atoms with Crippen LogP contribution in [0.4, 0.5) is 13.2 Å². The van der Waals surface area contributed by atoms with Crippen LogP contribution in [0.1, 0.15) is 30.5 Å². The summed E-state index contributed by atoms with van der Waals surface area (Å²) in [7, 11) is 0. The predicted octanol–water partition coefficient (Wildman–Crippen LogP) is 3.24. The minimum atomic E-state index is -4.41. The number of pyridine rings is 1. The van der Waals surface area contributed by atoms with E-state index in [1.165, 1.54) is 12.3 Å². The number of carbonyl (C=O) groups excluding carboxylic acids is 1. The topological polar surface area (TPSA) is 30.0 Å². The lowest BCUT2D eigenvalue weighted by atomic mass is 9.94. The van der Waals surface area contributed by atoms with Gasteiger partial charge in [-0.15, -0.1) is 0 Å². The monoisotopic (exact) mass is 241 g/mol. The molecule has 1 aliphatic carbocycles. The van der Waals surface area contributed by atoms with Gasteiger partial charge in [0.25, 0.3) is 0 Å². The average Bonchev–Trinajstić information content (AvgIpc) is 2.29. The molecule has 0 unspecified atom stereocenters. The zero-order valence-corrected chi connectivity index (χ0v) is 8.92. The Labute approximate surface area is 96.2 Å². The van der Waals surface area contributed by atoms with Crippen LogP contribution in [0.25, 0.3) is 5.57 Å². The van der Waals surface area contributed by atoms with Crippen LogP contribution in [0.2, 0.25) is 0 Å². The minimum absolute atomic E-state index is 0.161. The van der Waals surface area contributed by atoms with Crippen LogP contribution in [0.15, 0.2) is 24.4 Å². The third-order valence-electron chi connectivity index (χ3n) is 2.67. The third-order valence-corrected chi connectivity index (χ3v) is 2.67. The van der Waals surface area contributed by atoms with Crippen molar-refractivity contribution in [2.75, 3.05) is 0 Å². The number of ketones is 1. The summed E-state index contributed by atoms with van der Waals surface area (Å²) in [5, 5.41) is 0. The van der Waals surface area contributed by atoms with Gasteiger partial charge in [0.2, 0.25) is 0 Å². The molecule has 5 heteroatoms. The van der Waals surface area contributed by atoms with Crippen LogP contribution in [0, 0.1) is 0 Å². The van der Waals surface area contributed by atoms with Crippen LogP contribution in [-0.4, -0.2) is 10.8 Å². The molecule has 0 saturated carbocycles. The maximum atomic E-state index is 12.3. The summed E-state index contributed by atoms with van der Waals surface area (Å²) >= 11 is 0. The summed E-state index contributed by atoms with van der Waals surface area (Å²) in [5.41, 5.74) is 0.657. The summed E-state index contributed by atoms with van der Waals surface area (Å²) in [6.07, 6.45) is -0.0505. The van der Waals surface area contributed by atoms with E-state index in [0.29, 0.717) is 24.8 Å². The van der Waals surface area contributed by atoms with Crippen molar-refractivity contribution in [2.45, 2.75) is 25.4 Å². The highest BCUT2D eigenvalue weighted by molar-refractivity contribution is 5.86. The maximum Gasteiger partial charge on any atom is 0.433 e. The average molecular weight is 241 g/mol. The fourth-order valence-electron chi connectivity index (χ4n) is 1.73. The van der Waals surface area contributed by atoms with E-state index in [4.69, 9.17) is 0 Å². The number of nitrogens with zero attached hydrogens (tertiary/aromatic N) is 1. The lowest BCUT2D eigenvalue weighted by Gasteiger charge is -2.12. The maximum absolute atomic E-state index is 12.3. The van der Waals surface area contributed by atoms with Crippen molar-refractivity contribution in [2.24, 2.45) is 0 Å². The van der Waals surface area contributed by atoms with Gasteiger partial charge in [-0.25, -0.2) is 0 Å². The quantitative estimate of drug-likeness (QED) is 0.755. The Morgan fingerprint density at radius 1 is 1.18 bits per heavy atom. The molecule has 0 aromatic carbocycles. The number of halogens is 3. The highest BCUT2D eigenvalue weighted by Crippen LogP contribution is 2.29. The number of aromatic nitrogens is 1. The molecule has 0 saturated heterocycles. The first-order chi connectivity index (χ1) is 7.97. The molecule has 0 N–H and O–H groups in total. The Balaban J connectivity index is 2.21. The second kappa shape index (κ2) is 4.31. The van der Waals surface area contributed by atoms with Gasteiger partial charge in [0, 0.05) is 19.0 Å². The molecule has 1 aromatic rings. The second-order valence-electron chi connectivity index (χ2n) is 3.90. The Morgan fingerprint density at radius 2 is 1.94 bits per heavy atom. The largest absolute Gasteiger partial charge is 0.433 e. The zero-order valence-electron chi connectivity index (χ0n) is 8.92. The van der Waals surface area contributed by atoms with Gasteiger partial charge in [-0.1, -0.05) is 12.1 Å². The first-order valence-electron chi connectivity index (χ1n) is 5.21. The summed E-state index contributed by atoms with van der Waals surface area (Å²) in [6, 6.07) is 2.37. The van der Waals surface area contributed by atoms with E-state index in [1.807, 2.05) is 0 Å². The van der Waals surface area contributed by atoms with Crippen LogP contribution in [0.3, 0.4) is 0 Å². The van der Waals surface area contributed by atoms with Gasteiger partial charge in [0.15, 0.2) is 0 Å². The highest BCUT2D eigenvalue weighted by atomic mass is 19.4. The Morgan fingerprint density at radius 3 is 2.41 bits per heavy atom. The summed E-state index contributed by atoms with van der Waals surface area (Å²) in [6.45, 7) is 0. The van der Waals surface area contributed by atoms with E-state index in [1.54, 1.807) is 6.08 Å². The molecule has 0 atom stereocenters. The normalized spacial score (nSPS) is 16.9. The number of hydrogen-bond donors (Lipinski definition) is 0. The fourth-order valence-corrected chi connectivity index (χ4v) is 1.73. The van der Waals surface area contributed by atoms with Gasteiger partial charge >= 0.3 is 6.18 Å². The molecule has 0 aliphatic heterocycles. The predicted molar refractivity (Wildman–Crippen MR) is 56.1 cm³/mol. The number of carbonyl (C=O) groups is 1. The lowest BCUT2D eigenvalue weighted by molar-refractivity contribution is -0.141. The molecule has 1 aromatic heterocycles. The van der Waals surface area contributed by atoms with E-state index in [2.05, 4.69) is 4.98 Å². The molecule has 1 heterocycles. The number of allylic oxidation sites excluding steroid dienone is 2. The molecule has 0 fully saturated rings. The number of hydrogen-bond acceptors (Lipinski definition) is 2. The number of Topliss-reactive ketones (excluding diaryl/α,β-unsaturated/α-hetero) is 1. The second-order valence-corrected chi connectivity index (χ2v) is 3.90. The molecule has 0 radical (unpaired) electrons. The van der Waals surface area contributed by atoms with Crippen LogP contribution >= 0.6 is 0 Å². The number of alkyl halides is 3. The van der Waals surface area contributed by atoms with E-state index >= 15 is 0 Å². The molecular weight excluding hydrogens is 231 g/mol. The first kappa shape index (κ1) is 11.8. The Hall–Kier alpha value is -1.65. The smallest absolute Gasteiger partial charge is 0.299 e. The molecular formula is C12H10F3NO. The summed E-state index contributed by atoms with van der Waals surface area (Å²) < 4.78 is 36.9. The van der Waals surface area contributed by atoms with Crippen LogP contribution < -0.4 is 0 Å². The molecule has 17 heavy (non-hydrogen) atoms. The van der Waals surface area contributed by atoms with Crippen molar-refractivity contribution in [1.82, 2.24) is 4.98 Å². The van der Waals surface area contributed by atoms with E-state index in [9.17, 15) is 18.0 Å². The van der Waals surface area contributed by atoms with Crippen molar-refractivity contribution in [3.8, 4) is 0 Å². The van der Waals surface area contributed by atoms with Gasteiger partial charge in [0.05, 0.1) is 0 Å². The minimum Gasteiger partial charge on any atom is -0.299 e. The Kier molecular flexibility index (Phi) is 3.00. The molecule has 1 aliphatic rings. The number of rotatable bonds is 1. The van der Waals surface area contributed by atoms with Gasteiger partial charge in [0.1, 0.15) is 11.5 Å². The molecule has 0 bridgehead atoms. The van der Waals surface area contributed by atoms with Crippen molar-refractivity contribution >= 4 is 11.4 Å². The van der Waals surface area contributed by atoms with Gasteiger partial charge in [-0.05, 0) is 23.6 Å². The zero-order chi connectivity index (χ0) is 12.5. The highest BCUT2D eigenvalue weighted by Gasteiger charge is 2.32. The standard InChI is InChI=1S/C12H10F3NO/c13-12(14,15)11-6-3-9(7-16-11)8-1-4-10(17)5-2-8/h1,3,6-7H,2,4-5H2. The van der Waals surface area contributed by atoms with E-state index in [-0.39, 0.29) is 5.78 Å².